The number of likely N-dealkylation sites (N-methyl/N-ethyl adjacent to an activating group) is 1. The molecule has 0 unspecified atom stereocenters. The van der Waals surface area contributed by atoms with Gasteiger partial charge in [-0.25, -0.2) is 0 Å². The van der Waals surface area contributed by atoms with Crippen LogP contribution in [0.5, 0.6) is 0 Å². The fourth-order valence-electron chi connectivity index (χ4n) is 2.21. The summed E-state index contributed by atoms with van der Waals surface area (Å²) in [5.41, 5.74) is 6.00. The minimum Gasteiger partial charge on any atom is -0.318 e. The van der Waals surface area contributed by atoms with Crippen LogP contribution in [0.2, 0.25) is 0 Å². The number of rotatable bonds is 3. The zero-order chi connectivity index (χ0) is 14.0. The molecule has 1 amide bonds. The summed E-state index contributed by atoms with van der Waals surface area (Å²) < 4.78 is 0. The number of hydrogen-bond donors (Lipinski definition) is 1. The number of nitrogens with two attached hydrogens (primary N) is 1. The largest absolute Gasteiger partial charge is 0.318 e. The summed E-state index contributed by atoms with van der Waals surface area (Å²) in [5.74, 6) is -0.0636. The maximum Gasteiger partial charge on any atom is 0.246 e. The Kier molecular flexibility index (Phi) is 3.58. The molecule has 0 aliphatic rings. The van der Waals surface area contributed by atoms with Crippen LogP contribution in [-0.4, -0.2) is 18.0 Å². The van der Waals surface area contributed by atoms with E-state index in [0.717, 1.165) is 16.5 Å². The normalized spacial score (nSPS) is 11.6. The van der Waals surface area contributed by atoms with Gasteiger partial charge in [0.05, 0.1) is 11.2 Å². The van der Waals surface area contributed by atoms with Gasteiger partial charge in [-0.1, -0.05) is 36.4 Å². The molecule has 0 aromatic heterocycles. The third kappa shape index (κ3) is 2.61. The molecule has 0 saturated heterocycles. The number of fused-ring (bicyclic) bond motifs is 1. The number of benzene rings is 2. The second-order valence-corrected chi connectivity index (χ2v) is 5.27. The Balaban J connectivity index is 2.56. The van der Waals surface area contributed by atoms with Crippen molar-refractivity contribution in [3.8, 4) is 0 Å². The summed E-state index contributed by atoms with van der Waals surface area (Å²) in [4.78, 5) is 14.2. The van der Waals surface area contributed by atoms with Crippen LogP contribution in [-0.2, 0) is 4.79 Å². The Morgan fingerprint density at radius 2 is 1.79 bits per heavy atom. The van der Waals surface area contributed by atoms with Crippen LogP contribution in [0.3, 0.4) is 0 Å². The van der Waals surface area contributed by atoms with E-state index in [4.69, 9.17) is 5.73 Å². The second kappa shape index (κ2) is 5.02. The molecule has 2 aromatic carbocycles. The maximum absolute atomic E-state index is 12.4. The second-order valence-electron chi connectivity index (χ2n) is 5.27. The van der Waals surface area contributed by atoms with Gasteiger partial charge in [0, 0.05) is 11.9 Å². The molecule has 3 heteroatoms. The van der Waals surface area contributed by atoms with Crippen LogP contribution in [0.25, 0.3) is 10.8 Å². The first-order chi connectivity index (χ1) is 8.95. The third-order valence-electron chi connectivity index (χ3n) is 3.17. The van der Waals surface area contributed by atoms with Gasteiger partial charge in [-0.05, 0) is 32.2 Å². The number of amides is 1. The highest BCUT2D eigenvalue weighted by molar-refractivity contribution is 6.06. The number of anilines is 1. The summed E-state index contributed by atoms with van der Waals surface area (Å²) in [6.07, 6.45) is 0. The van der Waals surface area contributed by atoms with E-state index >= 15 is 0 Å². The highest BCUT2D eigenvalue weighted by Crippen LogP contribution is 2.27. The van der Waals surface area contributed by atoms with Crippen LogP contribution in [0.1, 0.15) is 20.8 Å². The summed E-state index contributed by atoms with van der Waals surface area (Å²) in [7, 11) is 0. The standard InChI is InChI=1S/C16H20N2O/c1-4-18(15(19)16(2,3)17)14-11-7-9-12-8-5-6-10-13(12)14/h5-11H,4,17H2,1-3H3. The molecule has 0 aliphatic carbocycles. The summed E-state index contributed by atoms with van der Waals surface area (Å²) in [5, 5.41) is 2.20. The molecular weight excluding hydrogens is 236 g/mol. The van der Waals surface area contributed by atoms with Gasteiger partial charge in [-0.2, -0.15) is 0 Å². The van der Waals surface area contributed by atoms with Crippen LogP contribution in [0.4, 0.5) is 5.69 Å². The quantitative estimate of drug-likeness (QED) is 0.917. The molecule has 0 bridgehead atoms. The highest BCUT2D eigenvalue weighted by Gasteiger charge is 2.28. The van der Waals surface area contributed by atoms with Gasteiger partial charge >= 0.3 is 0 Å². The SMILES string of the molecule is CCN(C(=O)C(C)(C)N)c1cccc2ccccc12. The van der Waals surface area contributed by atoms with Crippen molar-refractivity contribution in [2.45, 2.75) is 26.3 Å². The lowest BCUT2D eigenvalue weighted by atomic mass is 10.0. The van der Waals surface area contributed by atoms with Gasteiger partial charge in [0.1, 0.15) is 0 Å². The lowest BCUT2D eigenvalue weighted by molar-refractivity contribution is -0.122. The van der Waals surface area contributed by atoms with Crippen molar-refractivity contribution < 1.29 is 4.79 Å². The van der Waals surface area contributed by atoms with Crippen LogP contribution >= 0.6 is 0 Å². The first-order valence-corrected chi connectivity index (χ1v) is 6.53. The van der Waals surface area contributed by atoms with Gasteiger partial charge in [0.15, 0.2) is 0 Å². The molecule has 2 rings (SSSR count). The van der Waals surface area contributed by atoms with E-state index in [1.807, 2.05) is 49.4 Å². The molecule has 100 valence electrons. The van der Waals surface area contributed by atoms with Gasteiger partial charge in [-0.15, -0.1) is 0 Å². The van der Waals surface area contributed by atoms with Crippen LogP contribution < -0.4 is 10.6 Å². The van der Waals surface area contributed by atoms with Crippen LogP contribution in [0.15, 0.2) is 42.5 Å². The molecule has 0 heterocycles. The summed E-state index contributed by atoms with van der Waals surface area (Å²) >= 11 is 0. The van der Waals surface area contributed by atoms with E-state index in [1.54, 1.807) is 18.7 Å². The van der Waals surface area contributed by atoms with E-state index in [9.17, 15) is 4.79 Å². The molecule has 0 saturated carbocycles. The van der Waals surface area contributed by atoms with E-state index < -0.39 is 5.54 Å². The lowest BCUT2D eigenvalue weighted by Crippen LogP contribution is -2.51. The first kappa shape index (κ1) is 13.6. The molecule has 3 nitrogen and oxygen atoms in total. The predicted octanol–water partition coefficient (Wildman–Crippen LogP) is 2.93. The van der Waals surface area contributed by atoms with Crippen molar-refractivity contribution in [1.82, 2.24) is 0 Å². The Morgan fingerprint density at radius 3 is 2.42 bits per heavy atom. The van der Waals surface area contributed by atoms with E-state index in [2.05, 4.69) is 0 Å². The van der Waals surface area contributed by atoms with Crippen molar-refractivity contribution in [2.24, 2.45) is 5.73 Å². The van der Waals surface area contributed by atoms with Crippen LogP contribution in [0, 0.1) is 0 Å². The molecule has 0 spiro atoms. The number of nitrogens with zero attached hydrogens (tertiary/aromatic N) is 1. The first-order valence-electron chi connectivity index (χ1n) is 6.53. The number of carbonyl (C=O) groups is 1. The fourth-order valence-corrected chi connectivity index (χ4v) is 2.21. The topological polar surface area (TPSA) is 46.3 Å². The Morgan fingerprint density at radius 1 is 1.16 bits per heavy atom. The molecule has 0 atom stereocenters. The van der Waals surface area contributed by atoms with Gasteiger partial charge in [0.2, 0.25) is 5.91 Å². The van der Waals surface area contributed by atoms with Gasteiger partial charge < -0.3 is 10.6 Å². The minimum absolute atomic E-state index is 0.0636. The highest BCUT2D eigenvalue weighted by atomic mass is 16.2. The Hall–Kier alpha value is -1.87. The van der Waals surface area contributed by atoms with Crippen molar-refractivity contribution in [3.63, 3.8) is 0 Å². The third-order valence-corrected chi connectivity index (χ3v) is 3.17. The van der Waals surface area contributed by atoms with E-state index in [0.29, 0.717) is 6.54 Å². The zero-order valence-electron chi connectivity index (χ0n) is 11.7. The number of hydrogen-bond acceptors (Lipinski definition) is 2. The van der Waals surface area contributed by atoms with E-state index in [-0.39, 0.29) is 5.91 Å². The molecular formula is C16H20N2O. The fraction of sp³-hybridized carbons (Fsp3) is 0.312. The average Bonchev–Trinajstić information content (AvgIpc) is 2.38. The molecule has 0 aliphatic heterocycles. The predicted molar refractivity (Wildman–Crippen MR) is 80.2 cm³/mol. The molecule has 19 heavy (non-hydrogen) atoms. The minimum atomic E-state index is -0.868. The molecule has 2 aromatic rings. The smallest absolute Gasteiger partial charge is 0.246 e. The lowest BCUT2D eigenvalue weighted by Gasteiger charge is -2.29. The molecule has 0 fully saturated rings. The van der Waals surface area contributed by atoms with E-state index in [1.165, 1.54) is 0 Å². The Labute approximate surface area is 114 Å². The van der Waals surface area contributed by atoms with Crippen molar-refractivity contribution in [3.05, 3.63) is 42.5 Å². The van der Waals surface area contributed by atoms with Gasteiger partial charge in [-0.3, -0.25) is 4.79 Å². The number of carbonyl (C=O) groups excluding carboxylic acids is 1. The molecule has 2 N–H and O–H groups in total. The molecule has 0 radical (unpaired) electrons. The van der Waals surface area contributed by atoms with Crippen molar-refractivity contribution in [1.29, 1.82) is 0 Å². The van der Waals surface area contributed by atoms with Gasteiger partial charge in [0.25, 0.3) is 0 Å². The average molecular weight is 256 g/mol. The maximum atomic E-state index is 12.4. The van der Waals surface area contributed by atoms with Crippen molar-refractivity contribution >= 4 is 22.4 Å². The zero-order valence-corrected chi connectivity index (χ0v) is 11.7. The summed E-state index contributed by atoms with van der Waals surface area (Å²) in [6.45, 7) is 6.05. The summed E-state index contributed by atoms with van der Waals surface area (Å²) in [6, 6.07) is 14.0. The Bertz CT molecular complexity index is 594. The monoisotopic (exact) mass is 256 g/mol. The van der Waals surface area contributed by atoms with Crippen molar-refractivity contribution in [2.75, 3.05) is 11.4 Å².